The van der Waals surface area contributed by atoms with E-state index in [1.165, 1.54) is 18.2 Å². The van der Waals surface area contributed by atoms with E-state index in [0.717, 1.165) is 18.4 Å². The van der Waals surface area contributed by atoms with Gasteiger partial charge < -0.3 is 10.1 Å². The van der Waals surface area contributed by atoms with Crippen molar-refractivity contribution in [2.24, 2.45) is 0 Å². The number of hydrogen-bond acceptors (Lipinski definition) is 5. The van der Waals surface area contributed by atoms with Crippen LogP contribution in [0.15, 0.2) is 36.4 Å². The van der Waals surface area contributed by atoms with Gasteiger partial charge in [0.05, 0.1) is 34.7 Å². The monoisotopic (exact) mass is 492 g/mol. The van der Waals surface area contributed by atoms with Gasteiger partial charge in [-0.05, 0) is 55.8 Å². The first kappa shape index (κ1) is 25.5. The molecule has 32 heavy (non-hydrogen) atoms. The summed E-state index contributed by atoms with van der Waals surface area (Å²) in [6.45, 7) is 2.68. The number of alkyl halides is 3. The normalized spacial score (nSPS) is 11.7. The minimum absolute atomic E-state index is 0.193. The molecule has 0 aliphatic carbocycles. The Balaban J connectivity index is 2.28. The van der Waals surface area contributed by atoms with Crippen LogP contribution in [0.2, 0.25) is 5.02 Å². The summed E-state index contributed by atoms with van der Waals surface area (Å²) < 4.78 is 69.3. The highest BCUT2D eigenvalue weighted by Crippen LogP contribution is 2.37. The molecule has 2 aromatic rings. The average molecular weight is 493 g/mol. The summed E-state index contributed by atoms with van der Waals surface area (Å²) in [5.74, 6) is -1.34. The van der Waals surface area contributed by atoms with E-state index in [-0.39, 0.29) is 17.9 Å². The molecule has 0 aliphatic heterocycles. The summed E-state index contributed by atoms with van der Waals surface area (Å²) >= 11 is 5.58. The number of hydrogen-bond donors (Lipinski definition) is 1. The molecule has 0 unspecified atom stereocenters. The molecule has 0 radical (unpaired) electrons. The molecule has 2 rings (SSSR count). The van der Waals surface area contributed by atoms with Gasteiger partial charge in [0, 0.05) is 5.69 Å². The molecule has 0 spiro atoms. The first-order valence-corrected chi connectivity index (χ1v) is 11.4. The van der Waals surface area contributed by atoms with Crippen molar-refractivity contribution in [3.05, 3.63) is 58.1 Å². The zero-order valence-electron chi connectivity index (χ0n) is 17.3. The molecular weight excluding hydrogens is 473 g/mol. The highest BCUT2D eigenvalue weighted by atomic mass is 35.5. The van der Waals surface area contributed by atoms with E-state index >= 15 is 0 Å². The van der Waals surface area contributed by atoms with E-state index in [4.69, 9.17) is 16.3 Å². The number of benzene rings is 2. The molecule has 1 amide bonds. The third-order valence-corrected chi connectivity index (χ3v) is 5.71. The summed E-state index contributed by atoms with van der Waals surface area (Å²) in [5, 5.41) is 1.89. The Bertz CT molecular complexity index is 1140. The highest BCUT2D eigenvalue weighted by molar-refractivity contribution is 7.92. The smallest absolute Gasteiger partial charge is 0.417 e. The van der Waals surface area contributed by atoms with Crippen molar-refractivity contribution in [1.29, 1.82) is 0 Å². The Labute approximate surface area is 188 Å². The Morgan fingerprint density at radius 3 is 2.34 bits per heavy atom. The zero-order chi connectivity index (χ0) is 24.3. The fraction of sp³-hybridized carbons (Fsp3) is 0.300. The van der Waals surface area contributed by atoms with Crippen molar-refractivity contribution in [2.75, 3.05) is 29.0 Å². The summed E-state index contributed by atoms with van der Waals surface area (Å²) in [7, 11) is -4.11. The van der Waals surface area contributed by atoms with Gasteiger partial charge in [-0.3, -0.25) is 9.10 Å². The van der Waals surface area contributed by atoms with Crippen LogP contribution in [0.3, 0.4) is 0 Å². The van der Waals surface area contributed by atoms with Crippen LogP contribution in [0.4, 0.5) is 24.5 Å². The lowest BCUT2D eigenvalue weighted by Gasteiger charge is -2.23. The minimum atomic E-state index is -4.81. The second-order valence-electron chi connectivity index (χ2n) is 6.73. The van der Waals surface area contributed by atoms with Gasteiger partial charge in [-0.2, -0.15) is 13.2 Å². The van der Waals surface area contributed by atoms with Gasteiger partial charge in [-0.1, -0.05) is 11.6 Å². The summed E-state index contributed by atoms with van der Waals surface area (Å²) in [6, 6.07) is 6.89. The number of aryl methyl sites for hydroxylation is 1. The topological polar surface area (TPSA) is 92.8 Å². The van der Waals surface area contributed by atoms with Crippen molar-refractivity contribution in [3.63, 3.8) is 0 Å². The first-order valence-electron chi connectivity index (χ1n) is 9.16. The molecule has 0 aliphatic rings. The Morgan fingerprint density at radius 2 is 1.81 bits per heavy atom. The van der Waals surface area contributed by atoms with Crippen molar-refractivity contribution < 1.29 is 35.9 Å². The Morgan fingerprint density at radius 1 is 1.16 bits per heavy atom. The number of carbonyl (C=O) groups is 2. The van der Waals surface area contributed by atoms with Crippen LogP contribution >= 0.6 is 11.6 Å². The fourth-order valence-electron chi connectivity index (χ4n) is 2.75. The van der Waals surface area contributed by atoms with Gasteiger partial charge in [-0.25, -0.2) is 13.2 Å². The van der Waals surface area contributed by atoms with E-state index < -0.39 is 45.2 Å². The Kier molecular flexibility index (Phi) is 7.79. The standard InChI is InChI=1S/C20H20ClF3N2O5S/c1-4-31-19(28)13-5-8-17(12(2)9-13)25-18(27)11-26(32(3,29)30)14-6-7-16(21)15(10-14)20(22,23)24/h5-10H,4,11H2,1-3H3,(H,25,27). The molecule has 0 aromatic heterocycles. The molecule has 0 saturated heterocycles. The number of carbonyl (C=O) groups excluding carboxylic acids is 2. The fourth-order valence-corrected chi connectivity index (χ4v) is 3.82. The molecule has 2 aromatic carbocycles. The number of anilines is 2. The molecule has 174 valence electrons. The van der Waals surface area contributed by atoms with Gasteiger partial charge in [0.1, 0.15) is 6.54 Å². The highest BCUT2D eigenvalue weighted by Gasteiger charge is 2.34. The van der Waals surface area contributed by atoms with E-state index in [2.05, 4.69) is 5.32 Å². The second kappa shape index (κ2) is 9.78. The lowest BCUT2D eigenvalue weighted by atomic mass is 10.1. The van der Waals surface area contributed by atoms with Crippen LogP contribution < -0.4 is 9.62 Å². The average Bonchev–Trinajstić information content (AvgIpc) is 2.66. The second-order valence-corrected chi connectivity index (χ2v) is 9.04. The van der Waals surface area contributed by atoms with Gasteiger partial charge in [0.15, 0.2) is 0 Å². The van der Waals surface area contributed by atoms with Crippen molar-refractivity contribution >= 4 is 44.9 Å². The predicted octanol–water partition coefficient (Wildman–Crippen LogP) is 4.25. The third-order valence-electron chi connectivity index (χ3n) is 4.24. The molecule has 0 saturated carbocycles. The molecule has 12 heteroatoms. The van der Waals surface area contributed by atoms with Crippen molar-refractivity contribution in [1.82, 2.24) is 0 Å². The molecular formula is C20H20ClF3N2O5S. The molecule has 0 bridgehead atoms. The maximum Gasteiger partial charge on any atom is 0.417 e. The summed E-state index contributed by atoms with van der Waals surface area (Å²) in [6.07, 6.45) is -4.04. The van der Waals surface area contributed by atoms with E-state index in [1.807, 2.05) is 0 Å². The summed E-state index contributed by atoms with van der Waals surface area (Å²) in [4.78, 5) is 24.3. The van der Waals surface area contributed by atoms with Gasteiger partial charge >= 0.3 is 12.1 Å². The molecule has 7 nitrogen and oxygen atoms in total. The lowest BCUT2D eigenvalue weighted by molar-refractivity contribution is -0.137. The number of amides is 1. The molecule has 0 heterocycles. The van der Waals surface area contributed by atoms with Gasteiger partial charge in [0.25, 0.3) is 0 Å². The number of sulfonamides is 1. The number of nitrogens with one attached hydrogen (secondary N) is 1. The molecule has 0 atom stereocenters. The number of esters is 1. The van der Waals surface area contributed by atoms with Crippen LogP contribution in [-0.4, -0.2) is 39.7 Å². The van der Waals surface area contributed by atoms with Crippen LogP contribution in [-0.2, 0) is 25.7 Å². The predicted molar refractivity (Wildman–Crippen MR) is 114 cm³/mol. The number of rotatable bonds is 7. The quantitative estimate of drug-likeness (QED) is 0.583. The van der Waals surface area contributed by atoms with E-state index in [1.54, 1.807) is 13.8 Å². The maximum absolute atomic E-state index is 13.2. The van der Waals surface area contributed by atoms with Gasteiger partial charge in [-0.15, -0.1) is 0 Å². The van der Waals surface area contributed by atoms with Crippen LogP contribution in [0.1, 0.15) is 28.4 Å². The van der Waals surface area contributed by atoms with E-state index in [9.17, 15) is 31.2 Å². The number of ether oxygens (including phenoxy) is 1. The molecule has 0 fully saturated rings. The number of halogens is 4. The van der Waals surface area contributed by atoms with Crippen LogP contribution in [0.5, 0.6) is 0 Å². The summed E-state index contributed by atoms with van der Waals surface area (Å²) in [5.41, 5.74) is -0.532. The minimum Gasteiger partial charge on any atom is -0.462 e. The van der Waals surface area contributed by atoms with Crippen LogP contribution in [0, 0.1) is 6.92 Å². The van der Waals surface area contributed by atoms with E-state index in [0.29, 0.717) is 21.6 Å². The van der Waals surface area contributed by atoms with Crippen molar-refractivity contribution in [3.8, 4) is 0 Å². The first-order chi connectivity index (χ1) is 14.7. The largest absolute Gasteiger partial charge is 0.462 e. The molecule has 1 N–H and O–H groups in total. The lowest BCUT2D eigenvalue weighted by Crippen LogP contribution is -2.37. The maximum atomic E-state index is 13.2. The third kappa shape index (κ3) is 6.36. The Hall–Kier alpha value is -2.79. The zero-order valence-corrected chi connectivity index (χ0v) is 18.9. The van der Waals surface area contributed by atoms with Gasteiger partial charge in [0.2, 0.25) is 15.9 Å². The van der Waals surface area contributed by atoms with Crippen molar-refractivity contribution in [2.45, 2.75) is 20.0 Å². The number of nitrogens with zero attached hydrogens (tertiary/aromatic N) is 1. The van der Waals surface area contributed by atoms with Crippen LogP contribution in [0.25, 0.3) is 0 Å². The SMILES string of the molecule is CCOC(=O)c1ccc(NC(=O)CN(c2ccc(Cl)c(C(F)(F)F)c2)S(C)(=O)=O)c(C)c1.